The van der Waals surface area contributed by atoms with Crippen molar-refractivity contribution in [2.45, 2.75) is 6.42 Å². The predicted molar refractivity (Wildman–Crippen MR) is 283 cm³/mol. The Labute approximate surface area is 390 Å². The van der Waals surface area contributed by atoms with Crippen molar-refractivity contribution in [3.8, 4) is 55.6 Å². The van der Waals surface area contributed by atoms with Crippen molar-refractivity contribution >= 4 is 108 Å². The maximum atomic E-state index is 6.60. The maximum absolute atomic E-state index is 6.60. The number of furan rings is 4. The summed E-state index contributed by atoms with van der Waals surface area (Å²) in [5.41, 5.74) is 22.1. The Morgan fingerprint density at radius 2 is 0.791 bits per heavy atom. The fraction of sp³-hybridized carbons (Fsp3) is 0.0323. The molecule has 67 heavy (non-hydrogen) atoms. The number of benzene rings is 10. The molecule has 0 unspecified atom stereocenters. The SMILES string of the molecule is CI1c2ccc(-c3cc(-c4ccc5oc6c(ccc7c8ccccc8oc76)c5c4)cc(-c4ccc5oc6c(ccc7c8ccccc8oc76)c5c4)c3)cc2-c2ccc3c(c21)Cc1ccccc1-3. The topological polar surface area (TPSA) is 52.6 Å². The number of alkyl halides is 1. The van der Waals surface area contributed by atoms with Gasteiger partial charge in [0.25, 0.3) is 0 Å². The Balaban J connectivity index is 0.881. The second-order valence-electron chi connectivity index (χ2n) is 18.2. The molecule has 0 atom stereocenters. The fourth-order valence-corrected chi connectivity index (χ4v) is 16.9. The van der Waals surface area contributed by atoms with Crippen LogP contribution < -0.4 is 0 Å². The zero-order valence-electron chi connectivity index (χ0n) is 36.0. The summed E-state index contributed by atoms with van der Waals surface area (Å²) in [4.78, 5) is 2.54. The molecular formula is C62H35IO4. The van der Waals surface area contributed by atoms with Gasteiger partial charge in [-0.3, -0.25) is 0 Å². The van der Waals surface area contributed by atoms with E-state index in [0.717, 1.165) is 116 Å². The molecule has 5 heteroatoms. The van der Waals surface area contributed by atoms with Crippen LogP contribution in [0.15, 0.2) is 200 Å². The predicted octanol–water partition coefficient (Wildman–Crippen LogP) is 18.0. The monoisotopic (exact) mass is 970 g/mol. The van der Waals surface area contributed by atoms with Crippen LogP contribution in [0, 0.1) is 7.14 Å². The van der Waals surface area contributed by atoms with Gasteiger partial charge in [-0.05, 0) is 24.3 Å². The van der Waals surface area contributed by atoms with Gasteiger partial charge in [-0.25, -0.2) is 0 Å². The fourth-order valence-electron chi connectivity index (χ4n) is 11.5. The summed E-state index contributed by atoms with van der Waals surface area (Å²) in [5, 5.41) is 8.53. The van der Waals surface area contributed by atoms with Gasteiger partial charge in [-0.2, -0.15) is 0 Å². The van der Waals surface area contributed by atoms with E-state index in [9.17, 15) is 0 Å². The van der Waals surface area contributed by atoms with Gasteiger partial charge >= 0.3 is 279 Å². The molecule has 4 aromatic heterocycles. The average molecular weight is 971 g/mol. The van der Waals surface area contributed by atoms with Crippen molar-refractivity contribution in [1.82, 2.24) is 0 Å². The van der Waals surface area contributed by atoms with E-state index in [-0.39, 0.29) is 0 Å². The summed E-state index contributed by atoms with van der Waals surface area (Å²) in [6, 6.07) is 66.4. The van der Waals surface area contributed by atoms with Crippen LogP contribution in [0.4, 0.5) is 0 Å². The summed E-state index contributed by atoms with van der Waals surface area (Å²) in [6.07, 6.45) is 1.03. The average Bonchev–Trinajstić information content (AvgIpc) is 4.23. The molecule has 1 aliphatic carbocycles. The summed E-state index contributed by atoms with van der Waals surface area (Å²) in [6.45, 7) is 0. The van der Waals surface area contributed by atoms with Crippen molar-refractivity contribution in [3.63, 3.8) is 0 Å². The van der Waals surface area contributed by atoms with Crippen LogP contribution in [0.2, 0.25) is 0 Å². The van der Waals surface area contributed by atoms with Gasteiger partial charge in [0, 0.05) is 21.5 Å². The Kier molecular flexibility index (Phi) is 7.13. The summed E-state index contributed by atoms with van der Waals surface area (Å²) in [7, 11) is 0. The summed E-state index contributed by atoms with van der Waals surface area (Å²) in [5.74, 6) is 0. The minimum atomic E-state index is -1.63. The van der Waals surface area contributed by atoms with Crippen LogP contribution in [-0.4, -0.2) is 4.93 Å². The van der Waals surface area contributed by atoms with Crippen LogP contribution in [0.25, 0.3) is 143 Å². The molecule has 0 N–H and O–H groups in total. The summed E-state index contributed by atoms with van der Waals surface area (Å²) < 4.78 is 29.2. The van der Waals surface area contributed by atoms with Crippen LogP contribution in [0.1, 0.15) is 11.1 Å². The molecular weight excluding hydrogens is 936 g/mol. The van der Waals surface area contributed by atoms with Gasteiger partial charge in [0.2, 0.25) is 0 Å². The summed E-state index contributed by atoms with van der Waals surface area (Å²) >= 11 is -1.63. The van der Waals surface area contributed by atoms with E-state index in [0.29, 0.717) is 0 Å². The minimum absolute atomic E-state index is 0.780. The normalized spacial score (nSPS) is 13.6. The molecule has 314 valence electrons. The number of fused-ring (bicyclic) bond motifs is 21. The van der Waals surface area contributed by atoms with Gasteiger partial charge in [-0.1, -0.05) is 36.4 Å². The molecule has 0 bridgehead atoms. The van der Waals surface area contributed by atoms with E-state index >= 15 is 0 Å². The number of halogens is 1. The molecule has 0 saturated carbocycles. The zero-order chi connectivity index (χ0) is 43.6. The second kappa shape index (κ2) is 13.1. The number of para-hydroxylation sites is 2. The molecule has 0 spiro atoms. The first-order chi connectivity index (χ1) is 33.1. The van der Waals surface area contributed by atoms with Crippen molar-refractivity contribution in [3.05, 3.63) is 200 Å². The Bertz CT molecular complexity index is 4310. The molecule has 10 aromatic carbocycles. The van der Waals surface area contributed by atoms with Crippen molar-refractivity contribution in [2.24, 2.45) is 0 Å². The van der Waals surface area contributed by atoms with E-state index in [2.05, 4.69) is 163 Å². The van der Waals surface area contributed by atoms with Gasteiger partial charge in [0.05, 0.1) is 0 Å². The quantitative estimate of drug-likeness (QED) is 0.131. The molecule has 16 rings (SSSR count). The second-order valence-corrected chi connectivity index (χ2v) is 23.2. The standard InChI is InChI=1S/C62H35IO4/c1-63-53-23-14-33(29-49(53)44-18-17-41-40-9-3-2-8-36(40)32-52(41)58(44)63)37-26-38(34-15-24-56-50(30-34)47-21-19-45-42-10-4-6-12-54(42)64-59(45)61(47)66-56)28-39(27-37)35-16-25-57-51(31-35)48-22-20-46-43-11-5-7-13-55(43)65-60(46)62(48)67-57/h2-31H,32H2,1H3. The third-order valence-corrected chi connectivity index (χ3v) is 20.2. The zero-order valence-corrected chi connectivity index (χ0v) is 38.2. The first-order valence-electron chi connectivity index (χ1n) is 22.8. The third-order valence-electron chi connectivity index (χ3n) is 14.7. The van der Waals surface area contributed by atoms with E-state index in [1.807, 2.05) is 24.3 Å². The molecule has 14 aromatic rings. The van der Waals surface area contributed by atoms with Crippen molar-refractivity contribution in [2.75, 3.05) is 4.93 Å². The van der Waals surface area contributed by atoms with E-state index in [4.69, 9.17) is 17.7 Å². The Hall–Kier alpha value is -7.87. The Morgan fingerprint density at radius 1 is 0.328 bits per heavy atom. The molecule has 0 amide bonds. The van der Waals surface area contributed by atoms with Crippen LogP contribution in [-0.2, 0) is 6.42 Å². The number of rotatable bonds is 3. The van der Waals surface area contributed by atoms with Gasteiger partial charge in [-0.15, -0.1) is 0 Å². The Morgan fingerprint density at radius 3 is 1.37 bits per heavy atom. The van der Waals surface area contributed by atoms with Gasteiger partial charge < -0.3 is 8.83 Å². The molecule has 0 radical (unpaired) electrons. The molecule has 4 nitrogen and oxygen atoms in total. The molecule has 1 aliphatic heterocycles. The third kappa shape index (κ3) is 5.01. The van der Waals surface area contributed by atoms with Crippen LogP contribution >= 0.6 is 19.8 Å². The molecule has 0 fully saturated rings. The van der Waals surface area contributed by atoms with E-state index < -0.39 is 19.8 Å². The first-order valence-corrected chi connectivity index (χ1v) is 27.1. The van der Waals surface area contributed by atoms with Gasteiger partial charge in [0.1, 0.15) is 11.2 Å². The number of hydrogen-bond acceptors (Lipinski definition) is 4. The van der Waals surface area contributed by atoms with Crippen molar-refractivity contribution in [1.29, 1.82) is 0 Å². The number of hydrogen-bond donors (Lipinski definition) is 0. The molecule has 2 aliphatic rings. The van der Waals surface area contributed by atoms with E-state index in [1.165, 1.54) is 38.9 Å². The molecule has 5 heterocycles. The van der Waals surface area contributed by atoms with Crippen LogP contribution in [0.3, 0.4) is 0 Å². The van der Waals surface area contributed by atoms with E-state index in [1.54, 1.807) is 12.7 Å². The first kappa shape index (κ1) is 36.4. The van der Waals surface area contributed by atoms with Gasteiger partial charge in [0.15, 0.2) is 11.2 Å². The molecule has 0 saturated heterocycles. The van der Waals surface area contributed by atoms with Crippen molar-refractivity contribution < 1.29 is 17.7 Å². The van der Waals surface area contributed by atoms with Crippen LogP contribution in [0.5, 0.6) is 0 Å².